The van der Waals surface area contributed by atoms with Crippen LogP contribution in [0.15, 0.2) is 12.1 Å². The van der Waals surface area contributed by atoms with Crippen molar-refractivity contribution in [2.45, 2.75) is 71.3 Å². The highest BCUT2D eigenvalue weighted by Crippen LogP contribution is 2.39. The van der Waals surface area contributed by atoms with Crippen molar-refractivity contribution < 1.29 is 10.2 Å². The van der Waals surface area contributed by atoms with Crippen LogP contribution < -0.4 is 0 Å². The molecule has 1 fully saturated rings. The molecule has 3 rings (SSSR count). The van der Waals surface area contributed by atoms with Gasteiger partial charge in [-0.2, -0.15) is 0 Å². The van der Waals surface area contributed by atoms with E-state index in [-0.39, 0.29) is 0 Å². The fourth-order valence-corrected chi connectivity index (χ4v) is 4.86. The van der Waals surface area contributed by atoms with Gasteiger partial charge in [-0.3, -0.25) is 4.90 Å². The minimum atomic E-state index is 0.349. The van der Waals surface area contributed by atoms with Crippen LogP contribution in [0.3, 0.4) is 0 Å². The van der Waals surface area contributed by atoms with Gasteiger partial charge in [-0.15, -0.1) is 0 Å². The number of hydrogen-bond acceptors (Lipinski definition) is 3. The van der Waals surface area contributed by atoms with Gasteiger partial charge in [-0.25, -0.2) is 0 Å². The molecule has 2 N–H and O–H groups in total. The van der Waals surface area contributed by atoms with Gasteiger partial charge in [0.25, 0.3) is 0 Å². The largest absolute Gasteiger partial charge is 0.508 e. The molecule has 0 aliphatic heterocycles. The molecule has 1 saturated carbocycles. The molecule has 0 amide bonds. The molecule has 2 atom stereocenters. The van der Waals surface area contributed by atoms with E-state index in [1.807, 2.05) is 0 Å². The predicted octanol–water partition coefficient (Wildman–Crippen LogP) is 4.49. The summed E-state index contributed by atoms with van der Waals surface area (Å²) in [7, 11) is 0. The lowest BCUT2D eigenvalue weighted by molar-refractivity contribution is 0.106. The maximum absolute atomic E-state index is 10.3. The molecule has 134 valence electrons. The monoisotopic (exact) mass is 331 g/mol. The Kier molecular flexibility index (Phi) is 5.70. The van der Waals surface area contributed by atoms with E-state index in [0.717, 1.165) is 36.4 Å². The summed E-state index contributed by atoms with van der Waals surface area (Å²) in [6.45, 7) is 6.91. The van der Waals surface area contributed by atoms with Gasteiger partial charge in [0.2, 0.25) is 0 Å². The first-order valence-electron chi connectivity index (χ1n) is 9.86. The van der Waals surface area contributed by atoms with Gasteiger partial charge in [0.1, 0.15) is 11.5 Å². The van der Waals surface area contributed by atoms with Crippen molar-refractivity contribution in [3.63, 3.8) is 0 Å². The first kappa shape index (κ1) is 17.6. The van der Waals surface area contributed by atoms with Gasteiger partial charge < -0.3 is 10.2 Å². The van der Waals surface area contributed by atoms with Gasteiger partial charge in [0, 0.05) is 23.7 Å². The maximum Gasteiger partial charge on any atom is 0.119 e. The van der Waals surface area contributed by atoms with E-state index in [2.05, 4.69) is 18.7 Å². The lowest BCUT2D eigenvalue weighted by Gasteiger charge is -2.41. The zero-order chi connectivity index (χ0) is 17.1. The molecule has 2 aliphatic rings. The summed E-state index contributed by atoms with van der Waals surface area (Å²) < 4.78 is 0. The number of phenols is 2. The number of fused-ring (bicyclic) bond motifs is 1. The van der Waals surface area contributed by atoms with E-state index < -0.39 is 0 Å². The van der Waals surface area contributed by atoms with Crippen molar-refractivity contribution in [2.24, 2.45) is 11.8 Å². The summed E-state index contributed by atoms with van der Waals surface area (Å²) in [4.78, 5) is 2.69. The van der Waals surface area contributed by atoms with Gasteiger partial charge in [0.05, 0.1) is 0 Å². The fraction of sp³-hybridized carbons (Fsp3) is 0.714. The Labute approximate surface area is 146 Å². The molecular weight excluding hydrogens is 298 g/mol. The Morgan fingerprint density at radius 1 is 1.00 bits per heavy atom. The van der Waals surface area contributed by atoms with Crippen molar-refractivity contribution >= 4 is 0 Å². The molecule has 1 aromatic rings. The molecule has 1 aromatic carbocycles. The van der Waals surface area contributed by atoms with Crippen LogP contribution in [0.4, 0.5) is 0 Å². The molecule has 24 heavy (non-hydrogen) atoms. The number of phenolic OH excluding ortho intramolecular Hbond substituents is 2. The molecule has 0 bridgehead atoms. The molecular formula is C21H33NO2. The number of nitrogens with zero attached hydrogens (tertiary/aromatic N) is 1. The van der Waals surface area contributed by atoms with Crippen molar-refractivity contribution in [2.75, 3.05) is 13.1 Å². The second kappa shape index (κ2) is 7.77. The highest BCUT2D eigenvalue weighted by atomic mass is 16.3. The Balaban J connectivity index is 1.78. The van der Waals surface area contributed by atoms with Gasteiger partial charge in [-0.1, -0.05) is 33.1 Å². The molecule has 2 aliphatic carbocycles. The number of benzene rings is 1. The Hall–Kier alpha value is -1.22. The quantitative estimate of drug-likeness (QED) is 0.781. The highest BCUT2D eigenvalue weighted by molar-refractivity contribution is 5.49. The predicted molar refractivity (Wildman–Crippen MR) is 98.6 cm³/mol. The third kappa shape index (κ3) is 3.72. The molecule has 3 nitrogen and oxygen atoms in total. The van der Waals surface area contributed by atoms with Crippen LogP contribution in [0.1, 0.15) is 63.5 Å². The van der Waals surface area contributed by atoms with Crippen molar-refractivity contribution in [3.05, 3.63) is 23.3 Å². The van der Waals surface area contributed by atoms with Crippen molar-refractivity contribution in [3.8, 4) is 11.5 Å². The number of rotatable bonds is 5. The summed E-state index contributed by atoms with van der Waals surface area (Å²) in [6.07, 6.45) is 9.85. The second-order valence-corrected chi connectivity index (χ2v) is 8.01. The van der Waals surface area contributed by atoms with Gasteiger partial charge in [0.15, 0.2) is 0 Å². The number of aromatic hydroxyl groups is 2. The van der Waals surface area contributed by atoms with Crippen LogP contribution in [0, 0.1) is 11.8 Å². The van der Waals surface area contributed by atoms with Gasteiger partial charge in [-0.05, 0) is 62.6 Å². The van der Waals surface area contributed by atoms with E-state index in [1.165, 1.54) is 45.1 Å². The molecule has 0 radical (unpaired) electrons. The van der Waals surface area contributed by atoms with E-state index in [0.29, 0.717) is 23.5 Å². The molecule has 0 heterocycles. The summed E-state index contributed by atoms with van der Waals surface area (Å²) >= 11 is 0. The molecule has 2 unspecified atom stereocenters. The first-order valence-corrected chi connectivity index (χ1v) is 9.86. The normalized spacial score (nSPS) is 25.0. The number of hydrogen-bond donors (Lipinski definition) is 2. The summed E-state index contributed by atoms with van der Waals surface area (Å²) in [5, 5.41) is 20.5. The van der Waals surface area contributed by atoms with Gasteiger partial charge >= 0.3 is 0 Å². The molecule has 3 heteroatoms. The molecule has 0 saturated heterocycles. The second-order valence-electron chi connectivity index (χ2n) is 8.01. The average molecular weight is 332 g/mol. The average Bonchev–Trinajstić information content (AvgIpc) is 2.59. The Bertz CT molecular complexity index is 551. The lowest BCUT2D eigenvalue weighted by Crippen LogP contribution is -2.47. The Morgan fingerprint density at radius 2 is 1.62 bits per heavy atom. The van der Waals surface area contributed by atoms with Crippen molar-refractivity contribution in [1.29, 1.82) is 0 Å². The van der Waals surface area contributed by atoms with Crippen LogP contribution in [0.25, 0.3) is 0 Å². The summed E-state index contributed by atoms with van der Waals surface area (Å²) in [5.74, 6) is 2.06. The standard InChI is InChI=1S/C21H33NO2/c1-3-11-22(14-16-7-5-4-6-8-16)19-13-18-17(12-15(19)2)20(23)9-10-21(18)24/h9-10,15-16,19,23-24H,3-8,11-14H2,1-2H3. The highest BCUT2D eigenvalue weighted by Gasteiger charge is 2.33. The zero-order valence-electron chi connectivity index (χ0n) is 15.3. The smallest absolute Gasteiger partial charge is 0.119 e. The van der Waals surface area contributed by atoms with Crippen LogP contribution in [0.5, 0.6) is 11.5 Å². The molecule has 0 aromatic heterocycles. The topological polar surface area (TPSA) is 43.7 Å². The van der Waals surface area contributed by atoms with E-state index >= 15 is 0 Å². The zero-order valence-corrected chi connectivity index (χ0v) is 15.3. The molecule has 0 spiro atoms. The minimum absolute atomic E-state index is 0.349. The minimum Gasteiger partial charge on any atom is -0.508 e. The summed E-state index contributed by atoms with van der Waals surface area (Å²) in [5.41, 5.74) is 1.94. The van der Waals surface area contributed by atoms with Crippen molar-refractivity contribution in [1.82, 2.24) is 4.90 Å². The fourth-order valence-electron chi connectivity index (χ4n) is 4.86. The van der Waals surface area contributed by atoms with E-state index in [1.54, 1.807) is 12.1 Å². The summed E-state index contributed by atoms with van der Waals surface area (Å²) in [6, 6.07) is 3.76. The maximum atomic E-state index is 10.3. The van der Waals surface area contributed by atoms with Crippen LogP contribution in [-0.2, 0) is 12.8 Å². The van der Waals surface area contributed by atoms with E-state index in [9.17, 15) is 10.2 Å². The van der Waals surface area contributed by atoms with Crippen LogP contribution in [-0.4, -0.2) is 34.2 Å². The van der Waals surface area contributed by atoms with Crippen LogP contribution in [0.2, 0.25) is 0 Å². The van der Waals surface area contributed by atoms with E-state index in [4.69, 9.17) is 0 Å². The Morgan fingerprint density at radius 3 is 2.25 bits per heavy atom. The third-order valence-corrected chi connectivity index (χ3v) is 6.18. The SMILES string of the molecule is CCCN(CC1CCCCC1)C1Cc2c(O)ccc(O)c2CC1C. The first-order chi connectivity index (χ1) is 11.6. The lowest BCUT2D eigenvalue weighted by atomic mass is 9.78. The third-order valence-electron chi connectivity index (χ3n) is 6.18. The van der Waals surface area contributed by atoms with Crippen LogP contribution >= 0.6 is 0 Å².